The van der Waals surface area contributed by atoms with E-state index in [2.05, 4.69) is 19.2 Å². The van der Waals surface area contributed by atoms with Gasteiger partial charge in [-0.2, -0.15) is 0 Å². The summed E-state index contributed by atoms with van der Waals surface area (Å²) in [5.74, 6) is 0.155. The number of hydrogen-bond acceptors (Lipinski definition) is 6. The lowest BCUT2D eigenvalue weighted by atomic mass is 9.88. The van der Waals surface area contributed by atoms with Crippen molar-refractivity contribution in [1.29, 1.82) is 0 Å². The Bertz CT molecular complexity index is 821. The molecule has 3 N–H and O–H groups in total. The highest BCUT2D eigenvalue weighted by molar-refractivity contribution is 7.80. The third-order valence-electron chi connectivity index (χ3n) is 3.59. The second-order valence-corrected chi connectivity index (χ2v) is 8.42. The molecule has 0 aliphatic carbocycles. The molecule has 1 amide bonds. The maximum absolute atomic E-state index is 11.9. The molecule has 1 aromatic heterocycles. The number of benzene rings is 1. The van der Waals surface area contributed by atoms with Gasteiger partial charge in [0.15, 0.2) is 0 Å². The molecule has 3 rings (SSSR count). The molecule has 0 saturated carbocycles. The fourth-order valence-electron chi connectivity index (χ4n) is 2.67. The average Bonchev–Trinajstić information content (AvgIpc) is 2.82. The Labute approximate surface area is 141 Å². The van der Waals surface area contributed by atoms with E-state index in [9.17, 15) is 4.79 Å². The fourth-order valence-corrected chi connectivity index (χ4v) is 5.92. The molecule has 7 heteroatoms. The molecular weight excluding hydrogens is 336 g/mol. The molecule has 1 aliphatic rings. The second kappa shape index (κ2) is 5.33. The van der Waals surface area contributed by atoms with Gasteiger partial charge in [0.1, 0.15) is 9.57 Å². The van der Waals surface area contributed by atoms with Gasteiger partial charge in [-0.15, -0.1) is 0 Å². The lowest BCUT2D eigenvalue weighted by Crippen LogP contribution is -2.32. The van der Waals surface area contributed by atoms with Gasteiger partial charge in [-0.1, -0.05) is 32.9 Å². The summed E-state index contributed by atoms with van der Waals surface area (Å²) in [6.45, 7) is 6.58. The largest absolute Gasteiger partial charge is 0.494 e. The Hall–Kier alpha value is -1.44. The molecular formula is C15H16N2O2S3. The minimum Gasteiger partial charge on any atom is -0.494 e. The summed E-state index contributed by atoms with van der Waals surface area (Å²) < 4.78 is 6.42. The number of rotatable bonds is 3. The molecule has 0 saturated heterocycles. The van der Waals surface area contributed by atoms with Crippen molar-refractivity contribution in [3.05, 3.63) is 26.4 Å². The zero-order chi connectivity index (χ0) is 16.1. The van der Waals surface area contributed by atoms with Crippen LogP contribution in [0.1, 0.15) is 36.0 Å². The number of carbonyl (C=O) groups excluding carboxylic acids is 1. The summed E-state index contributed by atoms with van der Waals surface area (Å²) in [6, 6.07) is 3.62. The van der Waals surface area contributed by atoms with Gasteiger partial charge in [-0.3, -0.25) is 4.79 Å². The summed E-state index contributed by atoms with van der Waals surface area (Å²) in [5, 5.41) is 3.44. The van der Waals surface area contributed by atoms with Crippen molar-refractivity contribution in [2.75, 3.05) is 11.9 Å². The van der Waals surface area contributed by atoms with Crippen molar-refractivity contribution in [3.8, 4) is 16.9 Å². The zero-order valence-corrected chi connectivity index (χ0v) is 14.9. The Kier molecular flexibility index (Phi) is 3.74. The highest BCUT2D eigenvalue weighted by Crippen LogP contribution is 2.50. The molecule has 1 aromatic carbocycles. The standard InChI is InChI=1S/C15H16N2O2S3/c1-4-19-7-5-8-10-12(21-22-14(10)20)15(2,3)17-11(8)9(6-7)13(16)18/h5-6,17H,4H2,1-3H3,(H2,16,18). The SMILES string of the molecule is CCOc1cc(C(N)=O)c2c(c1)-c1c(ssc1=S)C(C)(C)N2. The van der Waals surface area contributed by atoms with Crippen molar-refractivity contribution in [2.45, 2.75) is 26.3 Å². The van der Waals surface area contributed by atoms with Gasteiger partial charge in [-0.05, 0) is 32.9 Å². The van der Waals surface area contributed by atoms with Crippen LogP contribution in [0.4, 0.5) is 5.69 Å². The summed E-state index contributed by atoms with van der Waals surface area (Å²) in [7, 11) is 3.25. The van der Waals surface area contributed by atoms with E-state index in [-0.39, 0.29) is 5.54 Å². The fraction of sp³-hybridized carbons (Fsp3) is 0.333. The third-order valence-corrected chi connectivity index (χ3v) is 6.94. The van der Waals surface area contributed by atoms with Crippen LogP contribution in [0.2, 0.25) is 0 Å². The van der Waals surface area contributed by atoms with Crippen molar-refractivity contribution in [2.24, 2.45) is 5.73 Å². The van der Waals surface area contributed by atoms with E-state index in [1.54, 1.807) is 26.7 Å². The number of ether oxygens (including phenoxy) is 1. The molecule has 0 atom stereocenters. The maximum atomic E-state index is 11.9. The van der Waals surface area contributed by atoms with Crippen LogP contribution in [0, 0.1) is 3.82 Å². The van der Waals surface area contributed by atoms with Gasteiger partial charge < -0.3 is 15.8 Å². The number of amides is 1. The van der Waals surface area contributed by atoms with Gasteiger partial charge >= 0.3 is 0 Å². The normalized spacial score (nSPS) is 14.7. The van der Waals surface area contributed by atoms with Crippen molar-refractivity contribution in [3.63, 3.8) is 0 Å². The predicted molar refractivity (Wildman–Crippen MR) is 94.8 cm³/mol. The molecule has 0 fully saturated rings. The predicted octanol–water partition coefficient (Wildman–Crippen LogP) is 4.36. The first-order valence-electron chi connectivity index (χ1n) is 6.88. The van der Waals surface area contributed by atoms with Crippen LogP contribution in [0.5, 0.6) is 5.75 Å². The first-order valence-corrected chi connectivity index (χ1v) is 9.43. The maximum Gasteiger partial charge on any atom is 0.250 e. The zero-order valence-electron chi connectivity index (χ0n) is 12.5. The van der Waals surface area contributed by atoms with Gasteiger partial charge in [0.2, 0.25) is 0 Å². The highest BCUT2D eigenvalue weighted by atomic mass is 32.9. The van der Waals surface area contributed by atoms with E-state index in [0.717, 1.165) is 20.6 Å². The first kappa shape index (κ1) is 15.5. The lowest BCUT2D eigenvalue weighted by Gasteiger charge is -2.34. The summed E-state index contributed by atoms with van der Waals surface area (Å²) in [6.07, 6.45) is 0. The van der Waals surface area contributed by atoms with Crippen molar-refractivity contribution >= 4 is 44.5 Å². The third kappa shape index (κ3) is 2.33. The Morgan fingerprint density at radius 1 is 1.41 bits per heavy atom. The Balaban J connectivity index is 2.36. The molecule has 0 bridgehead atoms. The number of nitrogens with one attached hydrogen (secondary N) is 1. The van der Waals surface area contributed by atoms with Gasteiger partial charge in [0.25, 0.3) is 5.91 Å². The molecule has 0 radical (unpaired) electrons. The van der Waals surface area contributed by atoms with Crippen LogP contribution in [-0.4, -0.2) is 12.5 Å². The molecule has 0 unspecified atom stereocenters. The van der Waals surface area contributed by atoms with Crippen LogP contribution >= 0.6 is 32.9 Å². The number of carbonyl (C=O) groups is 1. The van der Waals surface area contributed by atoms with Crippen LogP contribution in [0.15, 0.2) is 12.1 Å². The number of nitrogens with two attached hydrogens (primary N) is 1. The van der Waals surface area contributed by atoms with E-state index in [1.165, 1.54) is 4.88 Å². The van der Waals surface area contributed by atoms with E-state index in [0.29, 0.717) is 17.9 Å². The Morgan fingerprint density at radius 3 is 2.77 bits per heavy atom. The minimum atomic E-state index is -0.477. The Morgan fingerprint density at radius 2 is 2.14 bits per heavy atom. The van der Waals surface area contributed by atoms with Crippen LogP contribution in [-0.2, 0) is 5.54 Å². The summed E-state index contributed by atoms with van der Waals surface area (Å²) >= 11 is 5.51. The van der Waals surface area contributed by atoms with Crippen LogP contribution in [0.25, 0.3) is 11.1 Å². The number of anilines is 1. The number of primary amides is 1. The molecule has 2 heterocycles. The van der Waals surface area contributed by atoms with E-state index >= 15 is 0 Å². The molecule has 116 valence electrons. The quantitative estimate of drug-likeness (QED) is 0.636. The number of hydrogen-bond donors (Lipinski definition) is 2. The molecule has 4 nitrogen and oxygen atoms in total. The van der Waals surface area contributed by atoms with Gasteiger partial charge in [-0.25, -0.2) is 0 Å². The minimum absolute atomic E-state index is 0.294. The van der Waals surface area contributed by atoms with E-state index in [1.807, 2.05) is 13.0 Å². The van der Waals surface area contributed by atoms with Gasteiger partial charge in [0.05, 0.1) is 28.3 Å². The van der Waals surface area contributed by atoms with E-state index in [4.69, 9.17) is 22.7 Å². The number of fused-ring (bicyclic) bond motifs is 3. The molecule has 22 heavy (non-hydrogen) atoms. The lowest BCUT2D eigenvalue weighted by molar-refractivity contribution is 0.100. The highest BCUT2D eigenvalue weighted by Gasteiger charge is 2.35. The monoisotopic (exact) mass is 352 g/mol. The average molecular weight is 353 g/mol. The van der Waals surface area contributed by atoms with Crippen LogP contribution in [0.3, 0.4) is 0 Å². The second-order valence-electron chi connectivity index (χ2n) is 5.60. The first-order chi connectivity index (χ1) is 10.3. The molecule has 2 aromatic rings. The smallest absolute Gasteiger partial charge is 0.250 e. The van der Waals surface area contributed by atoms with Crippen molar-refractivity contribution in [1.82, 2.24) is 0 Å². The summed E-state index contributed by atoms with van der Waals surface area (Å²) in [4.78, 5) is 13.1. The molecule has 1 aliphatic heterocycles. The molecule has 0 spiro atoms. The van der Waals surface area contributed by atoms with Gasteiger partial charge in [0, 0.05) is 11.1 Å². The summed E-state index contributed by atoms with van der Waals surface area (Å²) in [5.41, 5.74) is 8.37. The van der Waals surface area contributed by atoms with Crippen molar-refractivity contribution < 1.29 is 9.53 Å². The topological polar surface area (TPSA) is 64.3 Å². The van der Waals surface area contributed by atoms with E-state index < -0.39 is 5.91 Å². The van der Waals surface area contributed by atoms with Crippen LogP contribution < -0.4 is 15.8 Å².